The minimum atomic E-state index is -3.16. The summed E-state index contributed by atoms with van der Waals surface area (Å²) in [6, 6.07) is -0.606. The summed E-state index contributed by atoms with van der Waals surface area (Å²) in [5, 5.41) is 11.4. The lowest BCUT2D eigenvalue weighted by Crippen LogP contribution is -2.55. The average Bonchev–Trinajstić information content (AvgIpc) is 2.24. The summed E-state index contributed by atoms with van der Waals surface area (Å²) in [4.78, 5) is 23.8. The second-order valence-corrected chi connectivity index (χ2v) is 6.73. The number of carbonyl (C=O) groups is 2. The molecule has 0 saturated heterocycles. The first-order valence-corrected chi connectivity index (χ1v) is 7.52. The van der Waals surface area contributed by atoms with Gasteiger partial charge in [0, 0.05) is 19.8 Å². The SMILES string of the molecule is CCC(C)(NC(=O)N(C)CCS(C)(=O)=O)C(=O)O. The molecule has 106 valence electrons. The molecule has 0 fully saturated rings. The van der Waals surface area contributed by atoms with Crippen molar-refractivity contribution in [3.05, 3.63) is 0 Å². The summed E-state index contributed by atoms with van der Waals surface area (Å²) in [7, 11) is -1.74. The Morgan fingerprint density at radius 2 is 1.89 bits per heavy atom. The van der Waals surface area contributed by atoms with E-state index in [0.29, 0.717) is 0 Å². The number of hydrogen-bond acceptors (Lipinski definition) is 4. The Labute approximate surface area is 107 Å². The summed E-state index contributed by atoms with van der Waals surface area (Å²) in [5.41, 5.74) is -1.35. The number of sulfone groups is 1. The zero-order valence-electron chi connectivity index (χ0n) is 11.1. The molecule has 2 amide bonds. The minimum absolute atomic E-state index is 0.0179. The van der Waals surface area contributed by atoms with Crippen molar-refractivity contribution in [2.75, 3.05) is 25.6 Å². The van der Waals surface area contributed by atoms with Crippen LogP contribution in [0.1, 0.15) is 20.3 Å². The van der Waals surface area contributed by atoms with Crippen LogP contribution in [-0.2, 0) is 14.6 Å². The van der Waals surface area contributed by atoms with Gasteiger partial charge in [0.05, 0.1) is 5.75 Å². The van der Waals surface area contributed by atoms with Crippen molar-refractivity contribution in [3.8, 4) is 0 Å². The second kappa shape index (κ2) is 6.03. The molecule has 0 spiro atoms. The van der Waals surface area contributed by atoms with Crippen molar-refractivity contribution in [2.45, 2.75) is 25.8 Å². The third kappa shape index (κ3) is 5.35. The van der Waals surface area contributed by atoms with Crippen LogP contribution in [0, 0.1) is 0 Å². The normalized spacial score (nSPS) is 14.7. The van der Waals surface area contributed by atoms with E-state index in [1.54, 1.807) is 6.92 Å². The van der Waals surface area contributed by atoms with Gasteiger partial charge in [-0.1, -0.05) is 6.92 Å². The molecule has 0 aliphatic carbocycles. The number of urea groups is 1. The maximum atomic E-state index is 11.7. The van der Waals surface area contributed by atoms with Gasteiger partial charge in [0.15, 0.2) is 0 Å². The van der Waals surface area contributed by atoms with Crippen molar-refractivity contribution < 1.29 is 23.1 Å². The molecule has 7 nitrogen and oxygen atoms in total. The zero-order chi connectivity index (χ0) is 14.6. The molecule has 0 aliphatic rings. The number of amides is 2. The van der Waals surface area contributed by atoms with Gasteiger partial charge in [-0.15, -0.1) is 0 Å². The van der Waals surface area contributed by atoms with E-state index in [2.05, 4.69) is 5.32 Å². The van der Waals surface area contributed by atoms with E-state index in [1.165, 1.54) is 14.0 Å². The molecule has 2 N–H and O–H groups in total. The van der Waals surface area contributed by atoms with Gasteiger partial charge in [0.2, 0.25) is 0 Å². The average molecular weight is 280 g/mol. The molecule has 1 atom stereocenters. The monoisotopic (exact) mass is 280 g/mol. The highest BCUT2D eigenvalue weighted by atomic mass is 32.2. The molecule has 18 heavy (non-hydrogen) atoms. The lowest BCUT2D eigenvalue weighted by Gasteiger charge is -2.27. The quantitative estimate of drug-likeness (QED) is 0.708. The van der Waals surface area contributed by atoms with Crippen LogP contribution in [-0.4, -0.2) is 61.6 Å². The Morgan fingerprint density at radius 1 is 1.39 bits per heavy atom. The number of carboxylic acid groups (broad SMARTS) is 1. The third-order valence-corrected chi connectivity index (χ3v) is 3.63. The number of rotatable bonds is 6. The highest BCUT2D eigenvalue weighted by molar-refractivity contribution is 7.90. The molecule has 0 saturated carbocycles. The summed E-state index contributed by atoms with van der Waals surface area (Å²) in [6.07, 6.45) is 1.31. The molecule has 0 aromatic carbocycles. The van der Waals surface area contributed by atoms with Crippen molar-refractivity contribution in [2.24, 2.45) is 0 Å². The van der Waals surface area contributed by atoms with Gasteiger partial charge in [-0.2, -0.15) is 0 Å². The van der Waals surface area contributed by atoms with E-state index >= 15 is 0 Å². The number of hydrogen-bond donors (Lipinski definition) is 2. The van der Waals surface area contributed by atoms with Crippen molar-refractivity contribution in [1.82, 2.24) is 10.2 Å². The predicted octanol–water partition coefficient (Wildman–Crippen LogP) is -0.0743. The summed E-state index contributed by atoms with van der Waals surface area (Å²) < 4.78 is 21.9. The van der Waals surface area contributed by atoms with Crippen LogP contribution in [0.3, 0.4) is 0 Å². The van der Waals surface area contributed by atoms with Crippen LogP contribution >= 0.6 is 0 Å². The van der Waals surface area contributed by atoms with Crippen LogP contribution in [0.2, 0.25) is 0 Å². The van der Waals surface area contributed by atoms with Crippen LogP contribution in [0.25, 0.3) is 0 Å². The van der Waals surface area contributed by atoms with Crippen molar-refractivity contribution in [1.29, 1.82) is 0 Å². The third-order valence-electron chi connectivity index (χ3n) is 2.71. The Balaban J connectivity index is 4.53. The standard InChI is InChI=1S/C10H20N2O5S/c1-5-10(2,8(13)14)11-9(15)12(3)6-7-18(4,16)17/h5-7H2,1-4H3,(H,11,15)(H,13,14). The minimum Gasteiger partial charge on any atom is -0.480 e. The fourth-order valence-corrected chi connectivity index (χ4v) is 1.63. The first kappa shape index (κ1) is 16.7. The Morgan fingerprint density at radius 3 is 2.22 bits per heavy atom. The van der Waals surface area contributed by atoms with E-state index in [0.717, 1.165) is 11.2 Å². The molecule has 0 bridgehead atoms. The van der Waals surface area contributed by atoms with Crippen LogP contribution < -0.4 is 5.32 Å². The molecule has 0 aliphatic heterocycles. The van der Waals surface area contributed by atoms with Crippen molar-refractivity contribution >= 4 is 21.8 Å². The summed E-state index contributed by atoms with van der Waals surface area (Å²) in [6.45, 7) is 3.06. The molecule has 0 radical (unpaired) electrons. The molecular formula is C10H20N2O5S. The topological polar surface area (TPSA) is 104 Å². The number of nitrogens with one attached hydrogen (secondary N) is 1. The van der Waals surface area contributed by atoms with E-state index in [1.807, 2.05) is 0 Å². The maximum absolute atomic E-state index is 11.7. The Bertz CT molecular complexity index is 420. The summed E-state index contributed by atoms with van der Waals surface area (Å²) in [5.74, 6) is -1.29. The highest BCUT2D eigenvalue weighted by Crippen LogP contribution is 2.09. The lowest BCUT2D eigenvalue weighted by molar-refractivity contribution is -0.143. The molecule has 0 aromatic heterocycles. The number of nitrogens with zero attached hydrogens (tertiary/aromatic N) is 1. The van der Waals surface area contributed by atoms with Gasteiger partial charge in [0.1, 0.15) is 15.4 Å². The molecular weight excluding hydrogens is 260 g/mol. The first-order valence-electron chi connectivity index (χ1n) is 5.46. The van der Waals surface area contributed by atoms with E-state index < -0.39 is 27.4 Å². The number of carbonyl (C=O) groups excluding carboxylic acids is 1. The van der Waals surface area contributed by atoms with Crippen LogP contribution in [0.15, 0.2) is 0 Å². The maximum Gasteiger partial charge on any atom is 0.329 e. The van der Waals surface area contributed by atoms with Gasteiger partial charge in [0.25, 0.3) is 0 Å². The van der Waals surface area contributed by atoms with Gasteiger partial charge in [-0.05, 0) is 13.3 Å². The molecule has 0 aromatic rings. The summed E-state index contributed by atoms with van der Waals surface area (Å²) >= 11 is 0. The zero-order valence-corrected chi connectivity index (χ0v) is 11.9. The van der Waals surface area contributed by atoms with Gasteiger partial charge in [-0.3, -0.25) is 0 Å². The van der Waals surface area contributed by atoms with E-state index in [9.17, 15) is 18.0 Å². The van der Waals surface area contributed by atoms with Gasteiger partial charge in [-0.25, -0.2) is 18.0 Å². The number of carboxylic acids is 1. The van der Waals surface area contributed by atoms with E-state index in [4.69, 9.17) is 5.11 Å². The number of aliphatic carboxylic acids is 1. The van der Waals surface area contributed by atoms with E-state index in [-0.39, 0.29) is 18.7 Å². The second-order valence-electron chi connectivity index (χ2n) is 4.47. The molecule has 1 unspecified atom stereocenters. The molecule has 0 rings (SSSR count). The van der Waals surface area contributed by atoms with Crippen LogP contribution in [0.5, 0.6) is 0 Å². The Hall–Kier alpha value is -1.31. The molecule has 0 heterocycles. The fourth-order valence-electron chi connectivity index (χ4n) is 1.03. The largest absolute Gasteiger partial charge is 0.480 e. The van der Waals surface area contributed by atoms with Crippen molar-refractivity contribution in [3.63, 3.8) is 0 Å². The smallest absolute Gasteiger partial charge is 0.329 e. The molecule has 8 heteroatoms. The highest BCUT2D eigenvalue weighted by Gasteiger charge is 2.33. The fraction of sp³-hybridized carbons (Fsp3) is 0.800. The lowest BCUT2D eigenvalue weighted by atomic mass is 10.00. The van der Waals surface area contributed by atoms with Gasteiger partial charge >= 0.3 is 12.0 Å². The predicted molar refractivity (Wildman–Crippen MR) is 67.2 cm³/mol. The Kier molecular flexibility index (Phi) is 5.59. The van der Waals surface area contributed by atoms with Gasteiger partial charge < -0.3 is 15.3 Å². The first-order chi connectivity index (χ1) is 8.02. The van der Waals surface area contributed by atoms with Crippen LogP contribution in [0.4, 0.5) is 4.79 Å².